The first-order valence-electron chi connectivity index (χ1n) is 22.9. The molecule has 11 aromatic carbocycles. The van der Waals surface area contributed by atoms with E-state index >= 15 is 0 Å². The van der Waals surface area contributed by atoms with E-state index in [9.17, 15) is 0 Å². The monoisotopic (exact) mass is 839 g/mol. The van der Waals surface area contributed by atoms with Gasteiger partial charge in [0.1, 0.15) is 0 Å². The van der Waals surface area contributed by atoms with E-state index in [4.69, 9.17) is 4.74 Å². The van der Waals surface area contributed by atoms with Crippen LogP contribution in [0.1, 0.15) is 44.5 Å². The van der Waals surface area contributed by atoms with Gasteiger partial charge in [0, 0.05) is 5.69 Å². The molecule has 0 saturated heterocycles. The molecular formula is C64H41NO. The van der Waals surface area contributed by atoms with Gasteiger partial charge in [0.25, 0.3) is 0 Å². The van der Waals surface area contributed by atoms with E-state index in [0.717, 1.165) is 28.6 Å². The third kappa shape index (κ3) is 4.90. The summed E-state index contributed by atoms with van der Waals surface area (Å²) in [5.41, 5.74) is 16.7. The minimum atomic E-state index is -0.607. The molecule has 1 aliphatic heterocycles. The summed E-state index contributed by atoms with van der Waals surface area (Å²) in [6.07, 6.45) is 0. The Morgan fingerprint density at radius 1 is 0.303 bits per heavy atom. The maximum atomic E-state index is 7.54. The molecule has 0 atom stereocenters. The average molecular weight is 840 g/mol. The first kappa shape index (κ1) is 37.0. The molecule has 1 heterocycles. The Morgan fingerprint density at radius 3 is 1.05 bits per heavy atom. The van der Waals surface area contributed by atoms with Gasteiger partial charge in [0.15, 0.2) is 11.5 Å². The Bertz CT molecular complexity index is 3410. The van der Waals surface area contributed by atoms with E-state index in [1.165, 1.54) is 88.3 Å². The van der Waals surface area contributed by atoms with Crippen LogP contribution in [0.2, 0.25) is 0 Å². The molecule has 0 amide bonds. The largest absolute Gasteiger partial charge is 0.453 e. The zero-order chi connectivity index (χ0) is 43.4. The molecule has 2 heteroatoms. The zero-order valence-corrected chi connectivity index (χ0v) is 36.0. The Morgan fingerprint density at radius 2 is 0.652 bits per heavy atom. The van der Waals surface area contributed by atoms with Crippen molar-refractivity contribution in [2.24, 2.45) is 0 Å². The molecule has 2 aliphatic carbocycles. The van der Waals surface area contributed by atoms with Crippen LogP contribution in [0.5, 0.6) is 11.5 Å². The highest BCUT2D eigenvalue weighted by Gasteiger charge is 2.50. The number of nitrogens with zero attached hydrogens (tertiary/aromatic N) is 1. The van der Waals surface area contributed by atoms with Gasteiger partial charge in [-0.3, -0.25) is 0 Å². The summed E-state index contributed by atoms with van der Waals surface area (Å²) >= 11 is 0. The number of para-hydroxylation sites is 1. The van der Waals surface area contributed by atoms with Crippen LogP contribution < -0.4 is 9.64 Å². The molecule has 66 heavy (non-hydrogen) atoms. The first-order chi connectivity index (χ1) is 32.7. The Kier molecular flexibility index (Phi) is 7.85. The molecule has 0 fully saturated rings. The van der Waals surface area contributed by atoms with Crippen molar-refractivity contribution < 1.29 is 4.74 Å². The molecule has 308 valence electrons. The second-order valence-corrected chi connectivity index (χ2v) is 17.9. The summed E-state index contributed by atoms with van der Waals surface area (Å²) < 4.78 is 7.54. The highest BCUT2D eigenvalue weighted by atomic mass is 16.5. The Balaban J connectivity index is 1.10. The van der Waals surface area contributed by atoms with Crippen LogP contribution in [0.4, 0.5) is 17.1 Å². The fourth-order valence-electron chi connectivity index (χ4n) is 12.2. The van der Waals surface area contributed by atoms with E-state index in [2.05, 4.69) is 254 Å². The van der Waals surface area contributed by atoms with E-state index < -0.39 is 10.8 Å². The van der Waals surface area contributed by atoms with Gasteiger partial charge in [0.05, 0.1) is 22.2 Å². The van der Waals surface area contributed by atoms with Crippen LogP contribution in [-0.2, 0) is 10.8 Å². The van der Waals surface area contributed by atoms with Gasteiger partial charge in [-0.15, -0.1) is 0 Å². The van der Waals surface area contributed by atoms with Crippen molar-refractivity contribution in [2.75, 3.05) is 4.90 Å². The minimum Gasteiger partial charge on any atom is -0.453 e. The first-order valence-corrected chi connectivity index (χ1v) is 22.9. The highest BCUT2D eigenvalue weighted by molar-refractivity contribution is 6.08. The van der Waals surface area contributed by atoms with Crippen molar-refractivity contribution in [3.8, 4) is 33.8 Å². The molecule has 0 saturated carbocycles. The minimum absolute atomic E-state index is 0.607. The SMILES string of the molecule is c1ccc(N2c3cc4c(cc3Oc3cc5c(cc32)-c2c(ccc3ccccc23)C5(c2ccccc2)c2ccccc2)C(c2ccccc2)(c2ccccc2)c2ccc3ccccc3c2-4)cc1. The van der Waals surface area contributed by atoms with Gasteiger partial charge in [-0.05, 0) is 125 Å². The number of hydrogen-bond donors (Lipinski definition) is 0. The smallest absolute Gasteiger partial charge is 0.151 e. The lowest BCUT2D eigenvalue weighted by atomic mass is 9.67. The maximum Gasteiger partial charge on any atom is 0.151 e. The molecule has 0 aromatic heterocycles. The van der Waals surface area contributed by atoms with Crippen LogP contribution in [-0.4, -0.2) is 0 Å². The van der Waals surface area contributed by atoms with Crippen molar-refractivity contribution in [2.45, 2.75) is 10.8 Å². The topological polar surface area (TPSA) is 12.5 Å². The Labute approximate surface area is 384 Å². The van der Waals surface area contributed by atoms with Gasteiger partial charge < -0.3 is 9.64 Å². The molecule has 11 aromatic rings. The van der Waals surface area contributed by atoms with Gasteiger partial charge in [-0.1, -0.05) is 212 Å². The van der Waals surface area contributed by atoms with Crippen molar-refractivity contribution in [3.05, 3.63) is 293 Å². The number of ether oxygens (including phenoxy) is 1. The second-order valence-electron chi connectivity index (χ2n) is 17.9. The number of benzene rings is 11. The van der Waals surface area contributed by atoms with Crippen LogP contribution >= 0.6 is 0 Å². The van der Waals surface area contributed by atoms with E-state index in [1.807, 2.05) is 0 Å². The fraction of sp³-hybridized carbons (Fsp3) is 0.0312. The Hall–Kier alpha value is -8.46. The van der Waals surface area contributed by atoms with Crippen LogP contribution in [0.3, 0.4) is 0 Å². The summed E-state index contributed by atoms with van der Waals surface area (Å²) in [6.45, 7) is 0. The van der Waals surface area contributed by atoms with Crippen molar-refractivity contribution in [1.29, 1.82) is 0 Å². The van der Waals surface area contributed by atoms with E-state index in [-0.39, 0.29) is 0 Å². The predicted octanol–water partition coefficient (Wildman–Crippen LogP) is 16.3. The summed E-state index contributed by atoms with van der Waals surface area (Å²) in [6, 6.07) is 91.7. The number of fused-ring (bicyclic) bond motifs is 12. The van der Waals surface area contributed by atoms with Crippen molar-refractivity contribution >= 4 is 38.6 Å². The zero-order valence-electron chi connectivity index (χ0n) is 36.0. The lowest BCUT2D eigenvalue weighted by Crippen LogP contribution is -2.29. The van der Waals surface area contributed by atoms with Crippen molar-refractivity contribution in [1.82, 2.24) is 0 Å². The predicted molar refractivity (Wildman–Crippen MR) is 271 cm³/mol. The molecule has 3 aliphatic rings. The molecule has 0 N–H and O–H groups in total. The lowest BCUT2D eigenvalue weighted by Gasteiger charge is -2.38. The molecular weight excluding hydrogens is 799 g/mol. The number of hydrogen-bond acceptors (Lipinski definition) is 2. The fourth-order valence-corrected chi connectivity index (χ4v) is 12.2. The normalized spacial score (nSPS) is 14.4. The standard InChI is InChI=1S/C64H41NO/c1-6-22-44(23-7-1)63(45-24-8-2-9-25-45)53-36-34-42-20-16-18-32-49(42)61(53)51-38-57-59(40-55(51)63)66-60-41-56-52(39-58(60)65(57)48-30-14-5-15-31-48)62-50-33-19-17-21-43(50)35-37-54(62)64(56,46-26-10-3-11-27-46)47-28-12-4-13-29-47/h1-41H. The molecule has 0 unspecified atom stereocenters. The van der Waals surface area contributed by atoms with Crippen LogP contribution in [0.25, 0.3) is 43.8 Å². The van der Waals surface area contributed by atoms with E-state index in [1.54, 1.807) is 0 Å². The summed E-state index contributed by atoms with van der Waals surface area (Å²) in [5.74, 6) is 1.65. The van der Waals surface area contributed by atoms with E-state index in [0.29, 0.717) is 0 Å². The molecule has 0 spiro atoms. The maximum absolute atomic E-state index is 7.54. The third-order valence-corrected chi connectivity index (χ3v) is 14.8. The molecule has 0 radical (unpaired) electrons. The summed E-state index contributed by atoms with van der Waals surface area (Å²) in [4.78, 5) is 2.44. The van der Waals surface area contributed by atoms with Crippen LogP contribution in [0, 0.1) is 0 Å². The third-order valence-electron chi connectivity index (χ3n) is 14.8. The van der Waals surface area contributed by atoms with Gasteiger partial charge in [0.2, 0.25) is 0 Å². The summed E-state index contributed by atoms with van der Waals surface area (Å²) in [7, 11) is 0. The number of anilines is 3. The molecule has 14 rings (SSSR count). The lowest BCUT2D eigenvalue weighted by molar-refractivity contribution is 0.474. The van der Waals surface area contributed by atoms with Gasteiger partial charge in [-0.25, -0.2) is 0 Å². The second kappa shape index (κ2) is 14.0. The van der Waals surface area contributed by atoms with Gasteiger partial charge >= 0.3 is 0 Å². The number of rotatable bonds is 5. The van der Waals surface area contributed by atoms with Crippen LogP contribution in [0.15, 0.2) is 249 Å². The molecule has 0 bridgehead atoms. The highest BCUT2D eigenvalue weighted by Crippen LogP contribution is 2.65. The average Bonchev–Trinajstić information content (AvgIpc) is 3.85. The van der Waals surface area contributed by atoms with Crippen molar-refractivity contribution in [3.63, 3.8) is 0 Å². The summed E-state index contributed by atoms with van der Waals surface area (Å²) in [5, 5.41) is 4.93. The van der Waals surface area contributed by atoms with Gasteiger partial charge in [-0.2, -0.15) is 0 Å². The quantitative estimate of drug-likeness (QED) is 0.171. The molecule has 2 nitrogen and oxygen atoms in total.